The van der Waals surface area contributed by atoms with Gasteiger partial charge in [-0.2, -0.15) is 5.10 Å². The summed E-state index contributed by atoms with van der Waals surface area (Å²) in [4.78, 5) is 24.2. The molecule has 1 aromatic carbocycles. The zero-order valence-corrected chi connectivity index (χ0v) is 18.0. The maximum atomic E-state index is 13.1. The maximum absolute atomic E-state index is 13.1. The lowest BCUT2D eigenvalue weighted by Gasteiger charge is -2.32. The summed E-state index contributed by atoms with van der Waals surface area (Å²) in [5, 5.41) is 13.4. The predicted octanol–water partition coefficient (Wildman–Crippen LogP) is 4.94. The first kappa shape index (κ1) is 20.7. The monoisotopic (exact) mass is 463 g/mol. The van der Waals surface area contributed by atoms with Gasteiger partial charge in [0.25, 0.3) is 5.92 Å². The van der Waals surface area contributed by atoms with Crippen molar-refractivity contribution >= 4 is 40.8 Å². The normalized spacial score (nSPS) is 18.7. The van der Waals surface area contributed by atoms with Crippen LogP contribution in [0.2, 0.25) is 0 Å². The molecular formula is C21H27F2N7OS. The van der Waals surface area contributed by atoms with Crippen LogP contribution in [0.4, 0.5) is 31.9 Å². The van der Waals surface area contributed by atoms with Crippen molar-refractivity contribution in [2.24, 2.45) is 5.92 Å². The number of alkyl halides is 2. The molecule has 2 aliphatic rings. The van der Waals surface area contributed by atoms with Gasteiger partial charge in [-0.3, -0.25) is 9.89 Å². The molecule has 1 aliphatic heterocycles. The summed E-state index contributed by atoms with van der Waals surface area (Å²) in [6, 6.07) is 10.8. The molecule has 0 spiro atoms. The van der Waals surface area contributed by atoms with E-state index in [2.05, 4.69) is 35.7 Å². The number of aromatic amines is 1. The Bertz CT molecular complexity index is 1160. The molecule has 11 heteroatoms. The molecule has 0 radical (unpaired) electrons. The summed E-state index contributed by atoms with van der Waals surface area (Å²) in [6.07, 6.45) is 0.749. The van der Waals surface area contributed by atoms with Crippen LogP contribution in [0.5, 0.6) is 0 Å². The first-order chi connectivity index (χ1) is 15.4. The SMILES string of the molecule is Cc1cc(Nc2cc(N3CCC3)nc(Sc3ccc(NC(=O)C4CC4(F)F)cc3)n2)n[nH]1.[HH].[HH].[HH]. The van der Waals surface area contributed by atoms with Gasteiger partial charge < -0.3 is 15.5 Å². The quantitative estimate of drug-likeness (QED) is 0.427. The number of carbonyl (C=O) groups excluding carboxylic acids is 1. The molecule has 2 fully saturated rings. The number of halogens is 2. The minimum absolute atomic E-state index is 0. The lowest BCUT2D eigenvalue weighted by atomic mass is 10.2. The highest BCUT2D eigenvalue weighted by Gasteiger charge is 2.61. The summed E-state index contributed by atoms with van der Waals surface area (Å²) in [7, 11) is 0. The Balaban J connectivity index is 0.00000144. The fourth-order valence-electron chi connectivity index (χ4n) is 3.28. The standard InChI is InChI=1S/C21H21F2N7OS.3H2/c1-12-9-17(29-28-12)25-16-10-18(30-7-2-8-30)27-20(26-16)32-14-5-3-13(4-6-14)24-19(31)15-11-21(15,22)23;;;/h3-6,9-10,15H,2,7-8,11H2,1H3,(H,24,31)(H2,25,26,27,28,29);3*1H. The molecule has 5 rings (SSSR count). The molecule has 3 N–H and O–H groups in total. The largest absolute Gasteiger partial charge is 0.356 e. The average molecular weight is 464 g/mol. The van der Waals surface area contributed by atoms with Crippen LogP contribution in [-0.2, 0) is 4.79 Å². The highest BCUT2D eigenvalue weighted by Crippen LogP contribution is 2.49. The van der Waals surface area contributed by atoms with Crippen LogP contribution in [0.15, 0.2) is 46.5 Å². The second kappa shape index (κ2) is 8.05. The average Bonchev–Trinajstić information content (AvgIpc) is 3.15. The second-order valence-corrected chi connectivity index (χ2v) is 8.97. The van der Waals surface area contributed by atoms with Gasteiger partial charge in [0, 0.05) is 52.2 Å². The number of H-pyrrole nitrogens is 1. The first-order valence-corrected chi connectivity index (χ1v) is 11.1. The molecule has 172 valence electrons. The van der Waals surface area contributed by atoms with Gasteiger partial charge in [-0.1, -0.05) is 0 Å². The summed E-state index contributed by atoms with van der Waals surface area (Å²) in [5.74, 6) is -2.58. The minimum Gasteiger partial charge on any atom is -0.356 e. The van der Waals surface area contributed by atoms with Gasteiger partial charge in [0.2, 0.25) is 5.91 Å². The third-order valence-electron chi connectivity index (χ3n) is 5.31. The van der Waals surface area contributed by atoms with Gasteiger partial charge in [-0.05, 0) is 49.4 Å². The zero-order valence-electron chi connectivity index (χ0n) is 17.2. The number of aryl methyl sites for hydroxylation is 1. The smallest absolute Gasteiger partial charge is 0.260 e. The van der Waals surface area contributed by atoms with Crippen LogP contribution < -0.4 is 15.5 Å². The van der Waals surface area contributed by atoms with E-state index in [1.165, 1.54) is 11.8 Å². The summed E-state index contributed by atoms with van der Waals surface area (Å²) in [5.41, 5.74) is 1.42. The number of benzene rings is 1. The number of hydrogen-bond acceptors (Lipinski definition) is 7. The first-order valence-electron chi connectivity index (χ1n) is 10.3. The minimum atomic E-state index is -2.88. The van der Waals surface area contributed by atoms with Crippen molar-refractivity contribution in [2.45, 2.75) is 35.7 Å². The molecule has 0 bridgehead atoms. The van der Waals surface area contributed by atoms with Crippen LogP contribution in [0.25, 0.3) is 0 Å². The molecule has 1 amide bonds. The number of anilines is 4. The molecule has 1 atom stereocenters. The summed E-state index contributed by atoms with van der Waals surface area (Å²) >= 11 is 1.38. The van der Waals surface area contributed by atoms with Crippen molar-refractivity contribution in [3.05, 3.63) is 42.1 Å². The van der Waals surface area contributed by atoms with Crippen LogP contribution in [-0.4, -0.2) is 45.1 Å². The Labute approximate surface area is 191 Å². The van der Waals surface area contributed by atoms with Gasteiger partial charge in [-0.15, -0.1) is 0 Å². The van der Waals surface area contributed by atoms with Gasteiger partial charge >= 0.3 is 0 Å². The topological polar surface area (TPSA) is 98.8 Å². The van der Waals surface area contributed by atoms with E-state index in [1.54, 1.807) is 24.3 Å². The van der Waals surface area contributed by atoms with E-state index < -0.39 is 17.7 Å². The molecule has 1 aliphatic carbocycles. The molecule has 3 heterocycles. The molecule has 8 nitrogen and oxygen atoms in total. The Morgan fingerprint density at radius 1 is 1.22 bits per heavy atom. The fraction of sp³-hybridized carbons (Fsp3) is 0.333. The number of hydrogen-bond donors (Lipinski definition) is 3. The van der Waals surface area contributed by atoms with E-state index in [-0.39, 0.29) is 10.7 Å². The van der Waals surface area contributed by atoms with E-state index in [4.69, 9.17) is 0 Å². The van der Waals surface area contributed by atoms with Gasteiger partial charge in [0.15, 0.2) is 11.0 Å². The van der Waals surface area contributed by atoms with Crippen LogP contribution in [0.1, 0.15) is 22.8 Å². The zero-order chi connectivity index (χ0) is 22.3. The van der Waals surface area contributed by atoms with Gasteiger partial charge in [0.1, 0.15) is 17.6 Å². The number of nitrogens with one attached hydrogen (secondary N) is 3. The maximum Gasteiger partial charge on any atom is 0.260 e. The lowest BCUT2D eigenvalue weighted by Crippen LogP contribution is -2.37. The summed E-state index contributed by atoms with van der Waals surface area (Å²) in [6.45, 7) is 3.83. The van der Waals surface area contributed by atoms with Crippen molar-refractivity contribution in [2.75, 3.05) is 28.6 Å². The number of aromatic nitrogens is 4. The molecular weight excluding hydrogens is 436 g/mol. The van der Waals surface area contributed by atoms with E-state index in [0.717, 1.165) is 35.9 Å². The van der Waals surface area contributed by atoms with Crippen molar-refractivity contribution in [1.29, 1.82) is 0 Å². The molecule has 1 saturated heterocycles. The Morgan fingerprint density at radius 2 is 1.97 bits per heavy atom. The lowest BCUT2D eigenvalue weighted by molar-refractivity contribution is -0.119. The van der Waals surface area contributed by atoms with Crippen molar-refractivity contribution in [3.8, 4) is 0 Å². The Morgan fingerprint density at radius 3 is 2.56 bits per heavy atom. The van der Waals surface area contributed by atoms with Crippen LogP contribution in [0.3, 0.4) is 0 Å². The highest BCUT2D eigenvalue weighted by atomic mass is 32.2. The van der Waals surface area contributed by atoms with Crippen LogP contribution >= 0.6 is 11.8 Å². The number of amides is 1. The highest BCUT2D eigenvalue weighted by molar-refractivity contribution is 7.99. The van der Waals surface area contributed by atoms with Gasteiger partial charge in [-0.25, -0.2) is 18.7 Å². The van der Waals surface area contributed by atoms with E-state index in [0.29, 0.717) is 22.5 Å². The van der Waals surface area contributed by atoms with Crippen molar-refractivity contribution in [3.63, 3.8) is 0 Å². The molecule has 32 heavy (non-hydrogen) atoms. The van der Waals surface area contributed by atoms with Crippen molar-refractivity contribution < 1.29 is 17.9 Å². The number of carbonyl (C=O) groups is 1. The molecule has 1 saturated carbocycles. The Hall–Kier alpha value is -3.21. The summed E-state index contributed by atoms with van der Waals surface area (Å²) < 4.78 is 26.1. The van der Waals surface area contributed by atoms with Gasteiger partial charge in [0.05, 0.1) is 0 Å². The van der Waals surface area contributed by atoms with E-state index in [1.807, 2.05) is 19.1 Å². The Kier molecular flexibility index (Phi) is 5.20. The second-order valence-electron chi connectivity index (χ2n) is 7.93. The number of rotatable bonds is 7. The van der Waals surface area contributed by atoms with E-state index in [9.17, 15) is 13.6 Å². The molecule has 1 unspecified atom stereocenters. The number of nitrogens with zero attached hydrogens (tertiary/aromatic N) is 4. The van der Waals surface area contributed by atoms with Crippen LogP contribution in [0, 0.1) is 12.8 Å². The van der Waals surface area contributed by atoms with E-state index >= 15 is 0 Å². The predicted molar refractivity (Wildman–Crippen MR) is 124 cm³/mol. The fourth-order valence-corrected chi connectivity index (χ4v) is 4.05. The molecule has 2 aromatic heterocycles. The third kappa shape index (κ3) is 4.52. The van der Waals surface area contributed by atoms with Crippen molar-refractivity contribution in [1.82, 2.24) is 20.2 Å². The molecule has 3 aromatic rings. The third-order valence-corrected chi connectivity index (χ3v) is 6.18.